The van der Waals surface area contributed by atoms with E-state index in [0.717, 1.165) is 11.3 Å². The zero-order valence-electron chi connectivity index (χ0n) is 16.2. The Morgan fingerprint density at radius 1 is 1.07 bits per heavy atom. The lowest BCUT2D eigenvalue weighted by Gasteiger charge is -2.14. The van der Waals surface area contributed by atoms with Crippen molar-refractivity contribution in [3.8, 4) is 0 Å². The van der Waals surface area contributed by atoms with Crippen molar-refractivity contribution in [1.29, 1.82) is 0 Å². The second-order valence-corrected chi connectivity index (χ2v) is 7.16. The van der Waals surface area contributed by atoms with Crippen molar-refractivity contribution < 1.29 is 19.1 Å². The predicted octanol–water partition coefficient (Wildman–Crippen LogP) is 3.41. The number of aryl methyl sites for hydroxylation is 1. The van der Waals surface area contributed by atoms with Gasteiger partial charge in [0.25, 0.3) is 5.91 Å². The molecule has 7 heteroatoms. The van der Waals surface area contributed by atoms with Gasteiger partial charge in [-0.3, -0.25) is 9.59 Å². The topological polar surface area (TPSA) is 84.5 Å². The number of esters is 1. The highest BCUT2D eigenvalue weighted by molar-refractivity contribution is 8.00. The van der Waals surface area contributed by atoms with E-state index in [-0.39, 0.29) is 17.6 Å². The third-order valence-corrected chi connectivity index (χ3v) is 4.88. The molecular weight excluding hydrogens is 376 g/mol. The van der Waals surface area contributed by atoms with Gasteiger partial charge in [0, 0.05) is 17.1 Å². The second-order valence-electron chi connectivity index (χ2n) is 6.14. The molecule has 2 aromatic rings. The SMILES string of the molecule is CCNC(=O)[C@@H](C)OC(=O)c1ccccc1SCC(=O)Nc1ccc(C)cc1. The van der Waals surface area contributed by atoms with Crippen LogP contribution in [0.2, 0.25) is 0 Å². The van der Waals surface area contributed by atoms with E-state index >= 15 is 0 Å². The van der Waals surface area contributed by atoms with Crippen LogP contribution < -0.4 is 10.6 Å². The molecule has 0 fully saturated rings. The molecule has 0 spiro atoms. The van der Waals surface area contributed by atoms with Crippen molar-refractivity contribution in [2.24, 2.45) is 0 Å². The fourth-order valence-electron chi connectivity index (χ4n) is 2.33. The number of nitrogens with one attached hydrogen (secondary N) is 2. The fourth-order valence-corrected chi connectivity index (χ4v) is 3.17. The molecule has 0 saturated heterocycles. The number of anilines is 1. The summed E-state index contributed by atoms with van der Waals surface area (Å²) in [6.45, 7) is 5.75. The summed E-state index contributed by atoms with van der Waals surface area (Å²) in [6, 6.07) is 14.4. The Balaban J connectivity index is 1.97. The average molecular weight is 401 g/mol. The lowest BCUT2D eigenvalue weighted by molar-refractivity contribution is -0.129. The van der Waals surface area contributed by atoms with Crippen LogP contribution in [-0.4, -0.2) is 36.2 Å². The van der Waals surface area contributed by atoms with Crippen molar-refractivity contribution in [1.82, 2.24) is 5.32 Å². The Kier molecular flexibility index (Phi) is 8.07. The van der Waals surface area contributed by atoms with Gasteiger partial charge in [-0.25, -0.2) is 4.79 Å². The zero-order chi connectivity index (χ0) is 20.5. The van der Waals surface area contributed by atoms with Crippen LogP contribution in [0.3, 0.4) is 0 Å². The van der Waals surface area contributed by atoms with Gasteiger partial charge in [0.1, 0.15) is 0 Å². The van der Waals surface area contributed by atoms with Crippen LogP contribution in [-0.2, 0) is 14.3 Å². The number of hydrogen-bond donors (Lipinski definition) is 2. The maximum Gasteiger partial charge on any atom is 0.340 e. The molecule has 2 aromatic carbocycles. The third kappa shape index (κ3) is 6.42. The van der Waals surface area contributed by atoms with E-state index in [0.29, 0.717) is 17.0 Å². The summed E-state index contributed by atoms with van der Waals surface area (Å²) in [5, 5.41) is 5.43. The molecule has 2 amide bonds. The molecule has 0 radical (unpaired) electrons. The number of benzene rings is 2. The molecule has 2 N–H and O–H groups in total. The number of thioether (sulfide) groups is 1. The van der Waals surface area contributed by atoms with Crippen LogP contribution >= 0.6 is 11.8 Å². The molecule has 0 saturated carbocycles. The number of carbonyl (C=O) groups excluding carboxylic acids is 3. The van der Waals surface area contributed by atoms with Crippen molar-refractivity contribution in [3.05, 3.63) is 59.7 Å². The minimum Gasteiger partial charge on any atom is -0.449 e. The molecule has 0 aliphatic heterocycles. The largest absolute Gasteiger partial charge is 0.449 e. The van der Waals surface area contributed by atoms with Crippen LogP contribution in [0, 0.1) is 6.92 Å². The Morgan fingerprint density at radius 2 is 1.75 bits per heavy atom. The van der Waals surface area contributed by atoms with Crippen molar-refractivity contribution in [3.63, 3.8) is 0 Å². The van der Waals surface area contributed by atoms with Gasteiger partial charge in [-0.2, -0.15) is 0 Å². The number of rotatable bonds is 8. The summed E-state index contributed by atoms with van der Waals surface area (Å²) >= 11 is 1.24. The molecule has 2 rings (SSSR count). The summed E-state index contributed by atoms with van der Waals surface area (Å²) in [5.41, 5.74) is 2.16. The molecule has 0 aliphatic carbocycles. The monoisotopic (exact) mass is 400 g/mol. The highest BCUT2D eigenvalue weighted by atomic mass is 32.2. The van der Waals surface area contributed by atoms with E-state index in [9.17, 15) is 14.4 Å². The Bertz CT molecular complexity index is 837. The number of hydrogen-bond acceptors (Lipinski definition) is 5. The van der Waals surface area contributed by atoms with Gasteiger partial charge >= 0.3 is 5.97 Å². The first-order chi connectivity index (χ1) is 13.4. The Morgan fingerprint density at radius 3 is 2.43 bits per heavy atom. The van der Waals surface area contributed by atoms with Crippen LogP contribution in [0.15, 0.2) is 53.4 Å². The summed E-state index contributed by atoms with van der Waals surface area (Å²) in [6.07, 6.45) is -0.893. The molecule has 0 aliphatic rings. The summed E-state index contributed by atoms with van der Waals surface area (Å²) in [5.74, 6) is -0.976. The molecular formula is C21H24N2O4S. The lowest BCUT2D eigenvalue weighted by atomic mass is 10.2. The van der Waals surface area contributed by atoms with Crippen LogP contribution in [0.4, 0.5) is 5.69 Å². The molecule has 0 heterocycles. The summed E-state index contributed by atoms with van der Waals surface area (Å²) in [4.78, 5) is 37.0. The number of ether oxygens (including phenoxy) is 1. The normalized spacial score (nSPS) is 11.4. The van der Waals surface area contributed by atoms with Gasteiger partial charge in [-0.1, -0.05) is 29.8 Å². The smallest absolute Gasteiger partial charge is 0.340 e. The molecule has 0 bridgehead atoms. The number of carbonyl (C=O) groups is 3. The van der Waals surface area contributed by atoms with Gasteiger partial charge in [0.15, 0.2) is 6.10 Å². The van der Waals surface area contributed by atoms with Gasteiger partial charge in [0.05, 0.1) is 11.3 Å². The number of likely N-dealkylation sites (N-methyl/N-ethyl adjacent to an activating group) is 1. The fraction of sp³-hybridized carbons (Fsp3) is 0.286. The maximum absolute atomic E-state index is 12.4. The molecule has 0 unspecified atom stereocenters. The molecule has 28 heavy (non-hydrogen) atoms. The molecule has 6 nitrogen and oxygen atoms in total. The maximum atomic E-state index is 12.4. The Hall–Kier alpha value is -2.80. The molecule has 0 aromatic heterocycles. The number of amides is 2. The van der Waals surface area contributed by atoms with Gasteiger partial charge < -0.3 is 15.4 Å². The highest BCUT2D eigenvalue weighted by Crippen LogP contribution is 2.24. The van der Waals surface area contributed by atoms with E-state index in [1.165, 1.54) is 18.7 Å². The first kappa shape index (κ1) is 21.5. The predicted molar refractivity (Wildman–Crippen MR) is 111 cm³/mol. The van der Waals surface area contributed by atoms with E-state index in [1.54, 1.807) is 31.2 Å². The van der Waals surface area contributed by atoms with Gasteiger partial charge in [-0.05, 0) is 45.0 Å². The van der Waals surface area contributed by atoms with E-state index < -0.39 is 12.1 Å². The first-order valence-electron chi connectivity index (χ1n) is 8.97. The van der Waals surface area contributed by atoms with Crippen molar-refractivity contribution >= 4 is 35.2 Å². The molecule has 1 atom stereocenters. The van der Waals surface area contributed by atoms with Crippen molar-refractivity contribution in [2.75, 3.05) is 17.6 Å². The molecule has 148 valence electrons. The minimum absolute atomic E-state index is 0.143. The van der Waals surface area contributed by atoms with Gasteiger partial charge in [-0.15, -0.1) is 11.8 Å². The average Bonchev–Trinajstić information content (AvgIpc) is 2.68. The highest BCUT2D eigenvalue weighted by Gasteiger charge is 2.20. The summed E-state index contributed by atoms with van der Waals surface area (Å²) in [7, 11) is 0. The Labute approximate surface area is 169 Å². The first-order valence-corrected chi connectivity index (χ1v) is 9.96. The van der Waals surface area contributed by atoms with Crippen LogP contribution in [0.1, 0.15) is 29.8 Å². The van der Waals surface area contributed by atoms with E-state index in [2.05, 4.69) is 10.6 Å². The van der Waals surface area contributed by atoms with E-state index in [1.807, 2.05) is 31.2 Å². The minimum atomic E-state index is -0.893. The zero-order valence-corrected chi connectivity index (χ0v) is 17.0. The third-order valence-electron chi connectivity index (χ3n) is 3.81. The van der Waals surface area contributed by atoms with Crippen LogP contribution in [0.5, 0.6) is 0 Å². The standard InChI is InChI=1S/C21H24N2O4S/c1-4-22-20(25)15(3)27-21(26)17-7-5-6-8-18(17)28-13-19(24)23-16-11-9-14(2)10-12-16/h5-12,15H,4,13H2,1-3H3,(H,22,25)(H,23,24)/t15-/m1/s1. The van der Waals surface area contributed by atoms with Crippen LogP contribution in [0.25, 0.3) is 0 Å². The second kappa shape index (κ2) is 10.5. The lowest BCUT2D eigenvalue weighted by Crippen LogP contribution is -2.35. The van der Waals surface area contributed by atoms with E-state index in [4.69, 9.17) is 4.74 Å². The van der Waals surface area contributed by atoms with Crippen molar-refractivity contribution in [2.45, 2.75) is 31.8 Å². The quantitative estimate of drug-likeness (QED) is 0.524. The summed E-state index contributed by atoms with van der Waals surface area (Å²) < 4.78 is 5.24. The van der Waals surface area contributed by atoms with Gasteiger partial charge in [0.2, 0.25) is 5.91 Å².